The van der Waals surface area contributed by atoms with Gasteiger partial charge in [0.25, 0.3) is 5.56 Å². The Kier molecular flexibility index (Phi) is 9.88. The minimum atomic E-state index is -0.121. The largest absolute Gasteiger partial charge is 0.325 e. The van der Waals surface area contributed by atoms with Crippen LogP contribution in [0.3, 0.4) is 0 Å². The first-order valence-electron chi connectivity index (χ1n) is 8.81. The lowest BCUT2D eigenvalue weighted by atomic mass is 10.0. The number of aromatic nitrogens is 2. The Balaban J connectivity index is 2.15. The van der Waals surface area contributed by atoms with Crippen LogP contribution in [-0.2, 0) is 6.54 Å². The minimum absolute atomic E-state index is 0.121. The second kappa shape index (κ2) is 11.1. The van der Waals surface area contributed by atoms with Crippen molar-refractivity contribution in [2.75, 3.05) is 5.75 Å². The summed E-state index contributed by atoms with van der Waals surface area (Å²) >= 11 is 7.31. The number of unbranched alkanes of at least 4 members (excludes halogenated alkanes) is 3. The molecule has 1 aromatic heterocycles. The predicted octanol–water partition coefficient (Wildman–Crippen LogP) is 5.27. The molecule has 0 aliphatic carbocycles. The van der Waals surface area contributed by atoms with E-state index in [2.05, 4.69) is 44.4 Å². The van der Waals surface area contributed by atoms with Crippen molar-refractivity contribution in [2.24, 2.45) is 11.8 Å². The number of rotatable bonds is 11. The molecule has 1 atom stereocenters. The van der Waals surface area contributed by atoms with Gasteiger partial charge in [-0.25, -0.2) is 0 Å². The van der Waals surface area contributed by atoms with E-state index in [0.717, 1.165) is 30.1 Å². The minimum Gasteiger partial charge on any atom is -0.325 e. The molecule has 1 heterocycles. The standard InChI is InChI=1S/C18H32N2OS2/c1-14(2)13-16(15(3)4)23-12-8-6-5-7-10-20-11-9-17(21)19-18(20)22/h9,11,14-16H,5-8,10,12-13H2,1-4H3,(H,19,21,22). The van der Waals surface area contributed by atoms with Gasteiger partial charge in [-0.3, -0.25) is 9.78 Å². The lowest BCUT2D eigenvalue weighted by Crippen LogP contribution is -2.14. The quantitative estimate of drug-likeness (QED) is 0.433. The number of nitrogens with one attached hydrogen (secondary N) is 1. The van der Waals surface area contributed by atoms with Gasteiger partial charge < -0.3 is 4.57 Å². The normalized spacial score (nSPS) is 13.0. The van der Waals surface area contributed by atoms with E-state index < -0.39 is 0 Å². The SMILES string of the molecule is CC(C)CC(SCCCCCCn1ccc(=O)[nH]c1=S)C(C)C. The molecule has 132 valence electrons. The van der Waals surface area contributed by atoms with E-state index >= 15 is 0 Å². The molecular weight excluding hydrogens is 324 g/mol. The molecule has 0 saturated carbocycles. The van der Waals surface area contributed by atoms with Gasteiger partial charge in [0, 0.05) is 24.1 Å². The van der Waals surface area contributed by atoms with Crippen LogP contribution in [0, 0.1) is 16.6 Å². The van der Waals surface area contributed by atoms with Gasteiger partial charge in [-0.2, -0.15) is 11.8 Å². The molecular formula is C18H32N2OS2. The summed E-state index contributed by atoms with van der Waals surface area (Å²) in [5.41, 5.74) is -0.121. The van der Waals surface area contributed by atoms with Crippen molar-refractivity contribution < 1.29 is 0 Å². The van der Waals surface area contributed by atoms with Crippen LogP contribution in [0.15, 0.2) is 17.1 Å². The average Bonchev–Trinajstić information content (AvgIpc) is 2.46. The highest BCUT2D eigenvalue weighted by atomic mass is 32.2. The van der Waals surface area contributed by atoms with E-state index in [0.29, 0.717) is 4.77 Å². The zero-order valence-corrected chi connectivity index (χ0v) is 16.6. The maximum atomic E-state index is 11.1. The molecule has 1 rings (SSSR count). The predicted molar refractivity (Wildman–Crippen MR) is 105 cm³/mol. The molecule has 1 N–H and O–H groups in total. The number of hydrogen-bond donors (Lipinski definition) is 1. The van der Waals surface area contributed by atoms with Crippen molar-refractivity contribution in [3.8, 4) is 0 Å². The first kappa shape index (κ1) is 20.5. The highest BCUT2D eigenvalue weighted by Crippen LogP contribution is 2.27. The van der Waals surface area contributed by atoms with Gasteiger partial charge in [-0.05, 0) is 49.1 Å². The second-order valence-corrected chi connectivity index (χ2v) is 8.73. The summed E-state index contributed by atoms with van der Waals surface area (Å²) < 4.78 is 2.48. The van der Waals surface area contributed by atoms with Gasteiger partial charge in [0.2, 0.25) is 0 Å². The third-order valence-electron chi connectivity index (χ3n) is 3.97. The topological polar surface area (TPSA) is 37.8 Å². The van der Waals surface area contributed by atoms with Gasteiger partial charge >= 0.3 is 0 Å². The third kappa shape index (κ3) is 8.75. The number of thioether (sulfide) groups is 1. The Morgan fingerprint density at radius 2 is 1.87 bits per heavy atom. The van der Waals surface area contributed by atoms with Crippen LogP contribution in [0.5, 0.6) is 0 Å². The molecule has 0 aliphatic heterocycles. The summed E-state index contributed by atoms with van der Waals surface area (Å²) in [7, 11) is 0. The molecule has 3 nitrogen and oxygen atoms in total. The molecule has 0 radical (unpaired) electrons. The average molecular weight is 357 g/mol. The zero-order valence-electron chi connectivity index (χ0n) is 15.0. The molecule has 0 bridgehead atoms. The van der Waals surface area contributed by atoms with Gasteiger partial charge in [-0.15, -0.1) is 0 Å². The van der Waals surface area contributed by atoms with Gasteiger partial charge in [0.1, 0.15) is 0 Å². The molecule has 0 spiro atoms. The molecule has 0 aliphatic rings. The number of aromatic amines is 1. The van der Waals surface area contributed by atoms with E-state index in [1.807, 2.05) is 4.57 Å². The van der Waals surface area contributed by atoms with Crippen LogP contribution in [0.2, 0.25) is 0 Å². The Labute approximate surface area is 150 Å². The van der Waals surface area contributed by atoms with E-state index in [1.165, 1.54) is 37.5 Å². The van der Waals surface area contributed by atoms with Crippen LogP contribution in [0.4, 0.5) is 0 Å². The van der Waals surface area contributed by atoms with Crippen LogP contribution >= 0.6 is 24.0 Å². The van der Waals surface area contributed by atoms with Crippen molar-refractivity contribution >= 4 is 24.0 Å². The fourth-order valence-electron chi connectivity index (χ4n) is 2.59. The lowest BCUT2D eigenvalue weighted by Gasteiger charge is -2.22. The van der Waals surface area contributed by atoms with Crippen molar-refractivity contribution in [3.05, 3.63) is 27.4 Å². The van der Waals surface area contributed by atoms with Crippen molar-refractivity contribution in [3.63, 3.8) is 0 Å². The van der Waals surface area contributed by atoms with Crippen molar-refractivity contribution in [1.82, 2.24) is 9.55 Å². The smallest absolute Gasteiger partial charge is 0.251 e. The van der Waals surface area contributed by atoms with Gasteiger partial charge in [0.05, 0.1) is 0 Å². The lowest BCUT2D eigenvalue weighted by molar-refractivity contribution is 0.489. The third-order valence-corrected chi connectivity index (χ3v) is 6.00. The van der Waals surface area contributed by atoms with Gasteiger partial charge in [0.15, 0.2) is 4.77 Å². The molecule has 0 saturated heterocycles. The van der Waals surface area contributed by atoms with E-state index in [4.69, 9.17) is 12.2 Å². The fraction of sp³-hybridized carbons (Fsp3) is 0.778. The van der Waals surface area contributed by atoms with E-state index in [1.54, 1.807) is 6.20 Å². The van der Waals surface area contributed by atoms with Crippen LogP contribution in [-0.4, -0.2) is 20.6 Å². The first-order chi connectivity index (χ1) is 10.9. The monoisotopic (exact) mass is 356 g/mol. The fourth-order valence-corrected chi connectivity index (χ4v) is 4.42. The Hall–Kier alpha value is -0.550. The number of nitrogens with zero attached hydrogens (tertiary/aromatic N) is 1. The van der Waals surface area contributed by atoms with Gasteiger partial charge in [-0.1, -0.05) is 40.5 Å². The summed E-state index contributed by atoms with van der Waals surface area (Å²) in [5, 5.41) is 0.800. The summed E-state index contributed by atoms with van der Waals surface area (Å²) in [6, 6.07) is 1.53. The van der Waals surface area contributed by atoms with Crippen molar-refractivity contribution in [2.45, 2.75) is 71.6 Å². The number of hydrogen-bond acceptors (Lipinski definition) is 3. The van der Waals surface area contributed by atoms with Crippen LogP contribution < -0.4 is 5.56 Å². The second-order valence-electron chi connectivity index (χ2n) is 7.00. The maximum Gasteiger partial charge on any atom is 0.251 e. The molecule has 23 heavy (non-hydrogen) atoms. The molecule has 0 amide bonds. The highest BCUT2D eigenvalue weighted by Gasteiger charge is 2.14. The Morgan fingerprint density at radius 3 is 2.48 bits per heavy atom. The zero-order chi connectivity index (χ0) is 17.2. The molecule has 0 aromatic carbocycles. The number of aryl methyl sites for hydroxylation is 1. The maximum absolute atomic E-state index is 11.1. The van der Waals surface area contributed by atoms with E-state index in [-0.39, 0.29) is 5.56 Å². The van der Waals surface area contributed by atoms with E-state index in [9.17, 15) is 4.79 Å². The molecule has 0 fully saturated rings. The summed E-state index contributed by atoms with van der Waals surface area (Å²) in [6.07, 6.45) is 8.02. The molecule has 5 heteroatoms. The van der Waals surface area contributed by atoms with Crippen LogP contribution in [0.1, 0.15) is 59.8 Å². The Morgan fingerprint density at radius 1 is 1.17 bits per heavy atom. The summed E-state index contributed by atoms with van der Waals surface area (Å²) in [4.78, 5) is 13.8. The molecule has 1 aromatic rings. The van der Waals surface area contributed by atoms with Crippen molar-refractivity contribution in [1.29, 1.82) is 0 Å². The number of H-pyrrole nitrogens is 1. The van der Waals surface area contributed by atoms with Crippen LogP contribution in [0.25, 0.3) is 0 Å². The summed E-state index contributed by atoms with van der Waals surface area (Å²) in [6.45, 7) is 10.2. The molecule has 1 unspecified atom stereocenters. The Bertz CT molecular complexity index is 548. The summed E-state index contributed by atoms with van der Waals surface area (Å²) in [5.74, 6) is 2.83. The first-order valence-corrected chi connectivity index (χ1v) is 10.3. The highest BCUT2D eigenvalue weighted by molar-refractivity contribution is 7.99.